The summed E-state index contributed by atoms with van der Waals surface area (Å²) in [6.07, 6.45) is 5.21. The van der Waals surface area contributed by atoms with Crippen LogP contribution in [0, 0.1) is 0 Å². The zero-order chi connectivity index (χ0) is 9.84. The lowest BCUT2D eigenvalue weighted by Gasteiger charge is -2.08. The molecule has 1 aromatic heterocycles. The van der Waals surface area contributed by atoms with Crippen LogP contribution in [0.3, 0.4) is 0 Å². The third kappa shape index (κ3) is 2.77. The van der Waals surface area contributed by atoms with Crippen LogP contribution in [0.2, 0.25) is 0 Å². The number of aromatic nitrogens is 2. The highest BCUT2D eigenvalue weighted by Gasteiger charge is 2.06. The smallest absolute Gasteiger partial charge is 0.408 e. The highest BCUT2D eigenvalue weighted by atomic mass is 16.6. The van der Waals surface area contributed by atoms with E-state index in [-0.39, 0.29) is 12.8 Å². The van der Waals surface area contributed by atoms with Gasteiger partial charge in [-0.2, -0.15) is 0 Å². The average Bonchev–Trinajstić information content (AvgIpc) is 2.47. The van der Waals surface area contributed by atoms with Crippen molar-refractivity contribution in [2.45, 2.75) is 6.73 Å². The third-order valence-electron chi connectivity index (χ3n) is 1.53. The van der Waals surface area contributed by atoms with E-state index in [0.29, 0.717) is 0 Å². The fourth-order valence-electron chi connectivity index (χ4n) is 0.837. The van der Waals surface area contributed by atoms with Crippen LogP contribution < -0.4 is 4.57 Å². The van der Waals surface area contributed by atoms with Crippen molar-refractivity contribution in [3.05, 3.63) is 18.7 Å². The molecule has 0 radical (unpaired) electrons. The molecule has 0 saturated carbocycles. The van der Waals surface area contributed by atoms with E-state index in [1.165, 1.54) is 4.90 Å². The Morgan fingerprint density at radius 3 is 2.77 bits per heavy atom. The van der Waals surface area contributed by atoms with Gasteiger partial charge in [0, 0.05) is 14.1 Å². The summed E-state index contributed by atoms with van der Waals surface area (Å²) in [4.78, 5) is 12.4. The molecule has 13 heavy (non-hydrogen) atoms. The molecule has 1 aromatic rings. The first-order chi connectivity index (χ1) is 6.09. The van der Waals surface area contributed by atoms with Gasteiger partial charge in [-0.3, -0.25) is 0 Å². The Labute approximate surface area is 77.1 Å². The molecular formula is C8H14N3O2+. The Morgan fingerprint density at radius 1 is 1.62 bits per heavy atom. The zero-order valence-electron chi connectivity index (χ0n) is 8.10. The number of imidazole rings is 1. The number of ether oxygens (including phenoxy) is 1. The summed E-state index contributed by atoms with van der Waals surface area (Å²) < 4.78 is 8.60. The van der Waals surface area contributed by atoms with E-state index in [2.05, 4.69) is 0 Å². The maximum atomic E-state index is 11.0. The van der Waals surface area contributed by atoms with Gasteiger partial charge < -0.3 is 9.64 Å². The second-order valence-electron chi connectivity index (χ2n) is 3.03. The second kappa shape index (κ2) is 3.93. The minimum atomic E-state index is -0.337. The topological polar surface area (TPSA) is 38.4 Å². The molecule has 1 rings (SSSR count). The number of carbonyl (C=O) groups is 1. The van der Waals surface area contributed by atoms with Gasteiger partial charge in [0.2, 0.25) is 13.1 Å². The number of nitrogens with zero attached hydrogens (tertiary/aromatic N) is 3. The predicted octanol–water partition coefficient (Wildman–Crippen LogP) is -0.0317. The number of aryl methyl sites for hydroxylation is 1. The third-order valence-corrected chi connectivity index (χ3v) is 1.53. The summed E-state index contributed by atoms with van der Waals surface area (Å²) in [7, 11) is 5.21. The highest BCUT2D eigenvalue weighted by Crippen LogP contribution is 1.90. The van der Waals surface area contributed by atoms with Crippen molar-refractivity contribution in [1.82, 2.24) is 9.47 Å². The summed E-state index contributed by atoms with van der Waals surface area (Å²) in [5.74, 6) is 0. The van der Waals surface area contributed by atoms with Crippen molar-refractivity contribution in [3.8, 4) is 0 Å². The first kappa shape index (κ1) is 9.57. The van der Waals surface area contributed by atoms with E-state index in [1.54, 1.807) is 18.7 Å². The van der Waals surface area contributed by atoms with Crippen LogP contribution in [0.25, 0.3) is 0 Å². The number of hydrogen-bond donors (Lipinski definition) is 0. The van der Waals surface area contributed by atoms with E-state index in [0.717, 1.165) is 0 Å². The summed E-state index contributed by atoms with van der Waals surface area (Å²) in [5, 5.41) is 0. The lowest BCUT2D eigenvalue weighted by molar-refractivity contribution is -0.671. The predicted molar refractivity (Wildman–Crippen MR) is 45.8 cm³/mol. The molecule has 5 nitrogen and oxygen atoms in total. The fourth-order valence-corrected chi connectivity index (χ4v) is 0.837. The number of hydrogen-bond acceptors (Lipinski definition) is 2. The molecule has 0 aliphatic rings. The van der Waals surface area contributed by atoms with Crippen LogP contribution in [0.5, 0.6) is 0 Å². The molecule has 0 unspecified atom stereocenters. The number of rotatable bonds is 2. The second-order valence-corrected chi connectivity index (χ2v) is 3.03. The molecular weight excluding hydrogens is 170 g/mol. The molecule has 0 N–H and O–H groups in total. The van der Waals surface area contributed by atoms with Gasteiger partial charge in [-0.15, -0.1) is 0 Å². The van der Waals surface area contributed by atoms with Gasteiger partial charge in [0.25, 0.3) is 0 Å². The summed E-state index contributed by atoms with van der Waals surface area (Å²) in [6.45, 7) is 0.248. The SMILES string of the molecule is CN(C)C(=O)OCn1cc[n+](C)c1. The standard InChI is InChI=1S/C8H14N3O2/c1-9(2)8(12)13-7-11-5-4-10(3)6-11/h4-6H,7H2,1-3H3/q+1. The summed E-state index contributed by atoms with van der Waals surface area (Å²) in [6, 6.07) is 0. The molecule has 0 atom stereocenters. The van der Waals surface area contributed by atoms with Crippen molar-refractivity contribution in [2.75, 3.05) is 14.1 Å². The van der Waals surface area contributed by atoms with Crippen molar-refractivity contribution in [2.24, 2.45) is 7.05 Å². The van der Waals surface area contributed by atoms with Crippen LogP contribution in [0.15, 0.2) is 18.7 Å². The van der Waals surface area contributed by atoms with Gasteiger partial charge in [0.15, 0.2) is 0 Å². The van der Waals surface area contributed by atoms with Crippen molar-refractivity contribution >= 4 is 6.09 Å². The number of carbonyl (C=O) groups excluding carboxylic acids is 1. The molecule has 1 amide bonds. The first-order valence-electron chi connectivity index (χ1n) is 3.94. The van der Waals surface area contributed by atoms with Gasteiger partial charge in [0.1, 0.15) is 12.4 Å². The summed E-state index contributed by atoms with van der Waals surface area (Å²) in [5.41, 5.74) is 0. The van der Waals surface area contributed by atoms with Crippen molar-refractivity contribution < 1.29 is 14.1 Å². The maximum Gasteiger partial charge on any atom is 0.412 e. The Morgan fingerprint density at radius 2 is 2.31 bits per heavy atom. The normalized spacial score (nSPS) is 9.77. The van der Waals surface area contributed by atoms with Crippen molar-refractivity contribution in [1.29, 1.82) is 0 Å². The molecule has 0 aliphatic heterocycles. The Kier molecular flexibility index (Phi) is 2.89. The Bertz CT molecular complexity index is 293. The lowest BCUT2D eigenvalue weighted by atomic mass is 10.9. The molecule has 0 fully saturated rings. The van der Waals surface area contributed by atoms with Crippen LogP contribution in [0.1, 0.15) is 0 Å². The van der Waals surface area contributed by atoms with E-state index in [4.69, 9.17) is 4.74 Å². The summed E-state index contributed by atoms with van der Waals surface area (Å²) >= 11 is 0. The van der Waals surface area contributed by atoms with E-state index < -0.39 is 0 Å². The van der Waals surface area contributed by atoms with Crippen molar-refractivity contribution in [3.63, 3.8) is 0 Å². The Hall–Kier alpha value is -1.52. The molecule has 0 aromatic carbocycles. The molecule has 1 heterocycles. The largest absolute Gasteiger partial charge is 0.412 e. The van der Waals surface area contributed by atoms with E-state index in [1.807, 2.05) is 30.3 Å². The maximum absolute atomic E-state index is 11.0. The zero-order valence-corrected chi connectivity index (χ0v) is 8.10. The minimum absolute atomic E-state index is 0.248. The van der Waals surface area contributed by atoms with Crippen LogP contribution >= 0.6 is 0 Å². The molecule has 72 valence electrons. The quantitative estimate of drug-likeness (QED) is 0.605. The first-order valence-corrected chi connectivity index (χ1v) is 3.94. The lowest BCUT2D eigenvalue weighted by Crippen LogP contribution is -2.25. The molecule has 0 bridgehead atoms. The molecule has 0 aliphatic carbocycles. The fraction of sp³-hybridized carbons (Fsp3) is 0.500. The number of amides is 1. The van der Waals surface area contributed by atoms with Gasteiger partial charge in [-0.1, -0.05) is 0 Å². The van der Waals surface area contributed by atoms with Gasteiger partial charge >= 0.3 is 6.09 Å². The minimum Gasteiger partial charge on any atom is -0.408 e. The molecule has 0 saturated heterocycles. The van der Waals surface area contributed by atoms with Gasteiger partial charge in [-0.25, -0.2) is 13.9 Å². The van der Waals surface area contributed by atoms with E-state index in [9.17, 15) is 4.79 Å². The van der Waals surface area contributed by atoms with Crippen LogP contribution in [-0.4, -0.2) is 29.7 Å². The molecule has 0 spiro atoms. The average molecular weight is 184 g/mol. The van der Waals surface area contributed by atoms with E-state index >= 15 is 0 Å². The Balaban J connectivity index is 2.39. The van der Waals surface area contributed by atoms with Crippen LogP contribution in [-0.2, 0) is 18.5 Å². The monoisotopic (exact) mass is 184 g/mol. The van der Waals surface area contributed by atoms with Crippen LogP contribution in [0.4, 0.5) is 4.79 Å². The van der Waals surface area contributed by atoms with Gasteiger partial charge in [0.05, 0.1) is 7.05 Å². The van der Waals surface area contributed by atoms with Gasteiger partial charge in [-0.05, 0) is 0 Å². The highest BCUT2D eigenvalue weighted by molar-refractivity contribution is 5.66. The molecule has 5 heteroatoms.